The van der Waals surface area contributed by atoms with E-state index in [1.807, 2.05) is 0 Å². The molecule has 0 aliphatic carbocycles. The fourth-order valence-electron chi connectivity index (χ4n) is 1.44. The van der Waals surface area contributed by atoms with Gasteiger partial charge in [-0.3, -0.25) is 0 Å². The van der Waals surface area contributed by atoms with Crippen LogP contribution in [0.3, 0.4) is 0 Å². The first-order valence-corrected chi connectivity index (χ1v) is 3.94. The monoisotopic (exact) mass is 140 g/mol. The Labute approximate surface area is 60.8 Å². The van der Waals surface area contributed by atoms with Crippen LogP contribution in [0.15, 0.2) is 11.5 Å². The third-order valence-electron chi connectivity index (χ3n) is 1.96. The summed E-state index contributed by atoms with van der Waals surface area (Å²) in [4.78, 5) is 0. The molecule has 2 heterocycles. The van der Waals surface area contributed by atoms with Gasteiger partial charge in [-0.1, -0.05) is 0 Å². The van der Waals surface area contributed by atoms with Gasteiger partial charge in [-0.25, -0.2) is 0 Å². The molecule has 0 N–H and O–H groups in total. The van der Waals surface area contributed by atoms with Crippen LogP contribution in [-0.2, 0) is 9.47 Å². The van der Waals surface area contributed by atoms with E-state index in [2.05, 4.69) is 0 Å². The smallest absolute Gasteiger partial charge is 0.134 e. The van der Waals surface area contributed by atoms with Gasteiger partial charge in [-0.05, 0) is 12.8 Å². The average Bonchev–Trinajstić information content (AvgIpc) is 2.59. The maximum absolute atomic E-state index is 5.39. The number of hydrogen-bond acceptors (Lipinski definition) is 2. The van der Waals surface area contributed by atoms with Crippen LogP contribution in [0.25, 0.3) is 0 Å². The first kappa shape index (κ1) is 6.08. The third-order valence-corrected chi connectivity index (χ3v) is 1.96. The summed E-state index contributed by atoms with van der Waals surface area (Å²) < 4.78 is 10.8. The largest absolute Gasteiger partial charge is 0.494 e. The Morgan fingerprint density at radius 1 is 0.800 bits per heavy atom. The van der Waals surface area contributed by atoms with E-state index >= 15 is 0 Å². The van der Waals surface area contributed by atoms with Gasteiger partial charge in [0.1, 0.15) is 11.5 Å². The highest BCUT2D eigenvalue weighted by Gasteiger charge is 2.18. The zero-order chi connectivity index (χ0) is 6.81. The predicted molar refractivity (Wildman–Crippen MR) is 37.4 cm³/mol. The van der Waals surface area contributed by atoms with E-state index in [-0.39, 0.29) is 0 Å². The van der Waals surface area contributed by atoms with Crippen molar-refractivity contribution in [3.8, 4) is 0 Å². The Morgan fingerprint density at radius 2 is 1.30 bits per heavy atom. The van der Waals surface area contributed by atoms with E-state index in [9.17, 15) is 0 Å². The van der Waals surface area contributed by atoms with Gasteiger partial charge in [0.2, 0.25) is 0 Å². The molecule has 2 rings (SSSR count). The second kappa shape index (κ2) is 2.52. The molecule has 2 heteroatoms. The maximum Gasteiger partial charge on any atom is 0.134 e. The quantitative estimate of drug-likeness (QED) is 0.511. The van der Waals surface area contributed by atoms with Crippen LogP contribution >= 0.6 is 0 Å². The molecule has 56 valence electrons. The normalized spacial score (nSPS) is 32.0. The van der Waals surface area contributed by atoms with Crippen LogP contribution in [-0.4, -0.2) is 13.2 Å². The highest BCUT2D eigenvalue weighted by molar-refractivity contribution is 5.06. The summed E-state index contributed by atoms with van der Waals surface area (Å²) in [7, 11) is 0. The number of rotatable bonds is 0. The van der Waals surface area contributed by atoms with Crippen molar-refractivity contribution in [1.82, 2.24) is 0 Å². The highest BCUT2D eigenvalue weighted by atomic mass is 16.5. The third kappa shape index (κ3) is 0.981. The minimum atomic E-state index is 0.891. The minimum Gasteiger partial charge on any atom is -0.494 e. The molecule has 10 heavy (non-hydrogen) atoms. The standard InChI is InChI=1S/C8H12O2/c1-3-7(9-5-1)8-4-2-6-10-8/h1-6H2/b8-7-. The van der Waals surface area contributed by atoms with Crippen molar-refractivity contribution in [3.05, 3.63) is 11.5 Å². The van der Waals surface area contributed by atoms with Crippen LogP contribution in [0.2, 0.25) is 0 Å². The van der Waals surface area contributed by atoms with Crippen molar-refractivity contribution in [3.63, 3.8) is 0 Å². The second-order valence-electron chi connectivity index (χ2n) is 2.75. The van der Waals surface area contributed by atoms with Gasteiger partial charge in [0.15, 0.2) is 0 Å². The first-order chi connectivity index (χ1) is 4.97. The molecule has 0 aromatic carbocycles. The number of hydrogen-bond donors (Lipinski definition) is 0. The Hall–Kier alpha value is -0.660. The molecular weight excluding hydrogens is 128 g/mol. The molecular formula is C8H12O2. The summed E-state index contributed by atoms with van der Waals surface area (Å²) in [5, 5.41) is 0. The fourth-order valence-corrected chi connectivity index (χ4v) is 1.44. The minimum absolute atomic E-state index is 0.891. The summed E-state index contributed by atoms with van der Waals surface area (Å²) in [6.45, 7) is 1.78. The average molecular weight is 140 g/mol. The lowest BCUT2D eigenvalue weighted by Gasteiger charge is -2.02. The Bertz CT molecular complexity index is 127. The van der Waals surface area contributed by atoms with Crippen LogP contribution in [0, 0.1) is 0 Å². The Morgan fingerprint density at radius 3 is 1.60 bits per heavy atom. The number of ether oxygens (including phenoxy) is 2. The van der Waals surface area contributed by atoms with Crippen LogP contribution < -0.4 is 0 Å². The first-order valence-electron chi connectivity index (χ1n) is 3.94. The zero-order valence-electron chi connectivity index (χ0n) is 6.06. The molecule has 2 saturated heterocycles. The van der Waals surface area contributed by atoms with E-state index in [4.69, 9.17) is 9.47 Å². The van der Waals surface area contributed by atoms with Crippen molar-refractivity contribution in [2.24, 2.45) is 0 Å². The van der Waals surface area contributed by atoms with E-state index < -0.39 is 0 Å². The van der Waals surface area contributed by atoms with Gasteiger partial charge in [0, 0.05) is 12.8 Å². The van der Waals surface area contributed by atoms with Gasteiger partial charge >= 0.3 is 0 Å². The summed E-state index contributed by atoms with van der Waals surface area (Å²) in [6, 6.07) is 0. The molecule has 0 radical (unpaired) electrons. The van der Waals surface area contributed by atoms with Gasteiger partial charge in [-0.15, -0.1) is 0 Å². The summed E-state index contributed by atoms with van der Waals surface area (Å²) in [5.41, 5.74) is 0. The second-order valence-corrected chi connectivity index (χ2v) is 2.75. The van der Waals surface area contributed by atoms with Gasteiger partial charge < -0.3 is 9.47 Å². The topological polar surface area (TPSA) is 18.5 Å². The summed E-state index contributed by atoms with van der Waals surface area (Å²) in [5.74, 6) is 2.25. The van der Waals surface area contributed by atoms with Gasteiger partial charge in [0.05, 0.1) is 13.2 Å². The molecule has 2 fully saturated rings. The Kier molecular flexibility index (Phi) is 1.53. The molecule has 2 nitrogen and oxygen atoms in total. The molecule has 2 aliphatic rings. The lowest BCUT2D eigenvalue weighted by molar-refractivity contribution is 0.205. The summed E-state index contributed by atoms with van der Waals surface area (Å²) >= 11 is 0. The molecule has 0 spiro atoms. The van der Waals surface area contributed by atoms with Crippen molar-refractivity contribution >= 4 is 0 Å². The number of allylic oxidation sites excluding steroid dienone is 2. The van der Waals surface area contributed by atoms with Crippen LogP contribution in [0.1, 0.15) is 25.7 Å². The lowest BCUT2D eigenvalue weighted by Crippen LogP contribution is -1.87. The molecule has 2 aliphatic heterocycles. The van der Waals surface area contributed by atoms with E-state index in [1.54, 1.807) is 0 Å². The molecule has 0 amide bonds. The van der Waals surface area contributed by atoms with Crippen LogP contribution in [0.5, 0.6) is 0 Å². The lowest BCUT2D eigenvalue weighted by atomic mass is 10.2. The maximum atomic E-state index is 5.39. The fraction of sp³-hybridized carbons (Fsp3) is 0.750. The van der Waals surface area contributed by atoms with E-state index in [1.165, 1.54) is 12.8 Å². The van der Waals surface area contributed by atoms with Crippen molar-refractivity contribution in [2.75, 3.05) is 13.2 Å². The molecule has 0 aromatic heterocycles. The highest BCUT2D eigenvalue weighted by Crippen LogP contribution is 2.27. The SMILES string of the molecule is C1CO/C(=C2/CCCO2)C1. The molecule has 0 aromatic rings. The Balaban J connectivity index is 2.10. The molecule has 0 unspecified atom stereocenters. The van der Waals surface area contributed by atoms with Gasteiger partial charge in [-0.2, -0.15) is 0 Å². The van der Waals surface area contributed by atoms with Crippen molar-refractivity contribution in [1.29, 1.82) is 0 Å². The van der Waals surface area contributed by atoms with Crippen molar-refractivity contribution in [2.45, 2.75) is 25.7 Å². The molecule has 0 atom stereocenters. The van der Waals surface area contributed by atoms with Crippen LogP contribution in [0.4, 0.5) is 0 Å². The van der Waals surface area contributed by atoms with E-state index in [0.29, 0.717) is 0 Å². The predicted octanol–water partition coefficient (Wildman–Crippen LogP) is 1.82. The van der Waals surface area contributed by atoms with E-state index in [0.717, 1.165) is 37.6 Å². The zero-order valence-corrected chi connectivity index (χ0v) is 6.06. The van der Waals surface area contributed by atoms with Gasteiger partial charge in [0.25, 0.3) is 0 Å². The van der Waals surface area contributed by atoms with Crippen molar-refractivity contribution < 1.29 is 9.47 Å². The molecule has 0 bridgehead atoms. The summed E-state index contributed by atoms with van der Waals surface area (Å²) in [6.07, 6.45) is 4.52. The molecule has 0 saturated carbocycles.